The highest BCUT2D eigenvalue weighted by Gasteiger charge is 2.83. The first-order chi connectivity index (χ1) is 20.2. The zero-order valence-corrected chi connectivity index (χ0v) is 24.2. The van der Waals surface area contributed by atoms with Crippen LogP contribution < -0.4 is 17.2 Å². The molecule has 5 rings (SSSR count). The zero-order chi connectivity index (χ0) is 31.6. The number of rotatable bonds is 6. The molecule has 8 N–H and O–H groups in total. The van der Waals surface area contributed by atoms with Gasteiger partial charge in [0.25, 0.3) is 0 Å². The molecule has 43 heavy (non-hydrogen) atoms. The number of benzene rings is 2. The van der Waals surface area contributed by atoms with Gasteiger partial charge in [-0.15, -0.1) is 0 Å². The number of phenols is 1. The molecule has 13 heteroatoms. The summed E-state index contributed by atoms with van der Waals surface area (Å²) >= 11 is 1.38. The molecule has 224 valence electrons. The van der Waals surface area contributed by atoms with E-state index in [0.29, 0.717) is 5.75 Å². The van der Waals surface area contributed by atoms with E-state index in [2.05, 4.69) is 0 Å². The van der Waals surface area contributed by atoms with Gasteiger partial charge in [-0.25, -0.2) is 0 Å². The van der Waals surface area contributed by atoms with E-state index in [0.717, 1.165) is 5.56 Å². The number of aromatic hydroxyl groups is 1. The number of primary amides is 1. The minimum atomic E-state index is -3.05. The molecule has 3 aliphatic carbocycles. The van der Waals surface area contributed by atoms with Gasteiger partial charge in [-0.2, -0.15) is 17.0 Å². The van der Waals surface area contributed by atoms with E-state index >= 15 is 0 Å². The molecule has 2 fully saturated rings. The Hall–Kier alpha value is -3.93. The summed E-state index contributed by atoms with van der Waals surface area (Å²) in [6, 6.07) is 13.6. The van der Waals surface area contributed by atoms with Gasteiger partial charge in [-0.3, -0.25) is 28.9 Å². The van der Waals surface area contributed by atoms with Crippen LogP contribution in [-0.4, -0.2) is 87.2 Å². The number of hydrogen-bond acceptors (Lipinski definition) is 12. The van der Waals surface area contributed by atoms with Gasteiger partial charge < -0.3 is 27.4 Å². The molecule has 0 heterocycles. The van der Waals surface area contributed by atoms with E-state index in [1.165, 1.54) is 42.9 Å². The minimum absolute atomic E-state index is 0.115. The number of ketones is 4. The number of likely N-dealkylation sites (N-methyl/N-ethyl adjacent to an activating group) is 1. The van der Waals surface area contributed by atoms with Crippen molar-refractivity contribution in [3.05, 3.63) is 65.2 Å². The fourth-order valence-corrected chi connectivity index (χ4v) is 8.64. The zero-order valence-electron chi connectivity index (χ0n) is 23.4. The van der Waals surface area contributed by atoms with E-state index in [4.69, 9.17) is 17.2 Å². The molecular formula is C30H31N5O7S. The summed E-state index contributed by atoms with van der Waals surface area (Å²) in [5, 5.41) is 33.6. The molecule has 2 saturated carbocycles. The van der Waals surface area contributed by atoms with Gasteiger partial charge in [-0.1, -0.05) is 42.5 Å². The molecule has 0 saturated heterocycles. The van der Waals surface area contributed by atoms with Gasteiger partial charge >= 0.3 is 0 Å². The summed E-state index contributed by atoms with van der Waals surface area (Å²) in [6.07, 6.45) is -2.18. The second kappa shape index (κ2) is 10.4. The number of hydrogen-bond donors (Lipinski definition) is 5. The Morgan fingerprint density at radius 3 is 2.28 bits per heavy atom. The number of nitriles is 1. The van der Waals surface area contributed by atoms with Crippen molar-refractivity contribution in [1.29, 1.82) is 5.26 Å². The van der Waals surface area contributed by atoms with Crippen LogP contribution in [0.5, 0.6) is 5.75 Å². The number of nitrogens with zero attached hydrogens (tertiary/aromatic N) is 2. The van der Waals surface area contributed by atoms with Gasteiger partial charge in [0.1, 0.15) is 11.7 Å². The average Bonchev–Trinajstić information content (AvgIpc) is 2.94. The molecule has 0 spiro atoms. The van der Waals surface area contributed by atoms with Crippen LogP contribution in [0, 0.1) is 28.6 Å². The lowest BCUT2D eigenvalue weighted by molar-refractivity contribution is -0.181. The third-order valence-electron chi connectivity index (χ3n) is 9.27. The van der Waals surface area contributed by atoms with E-state index in [1.54, 1.807) is 12.1 Å². The molecule has 3 aliphatic rings. The molecule has 1 amide bonds. The number of Topliss-reactive ketones (excluding diaryl/α,β-unsaturated/α-hetero) is 4. The smallest absolute Gasteiger partial charge is 0.235 e. The van der Waals surface area contributed by atoms with Crippen molar-refractivity contribution in [2.45, 2.75) is 34.9 Å². The molecule has 0 aliphatic heterocycles. The predicted octanol–water partition coefficient (Wildman–Crippen LogP) is -0.746. The lowest BCUT2D eigenvalue weighted by Crippen LogP contribution is -2.91. The van der Waals surface area contributed by atoms with Gasteiger partial charge in [0.05, 0.1) is 34.9 Å². The van der Waals surface area contributed by atoms with Crippen LogP contribution in [0.25, 0.3) is 0 Å². The largest absolute Gasteiger partial charge is 0.507 e. The predicted molar refractivity (Wildman–Crippen MR) is 154 cm³/mol. The van der Waals surface area contributed by atoms with Gasteiger partial charge in [-0.05, 0) is 31.3 Å². The van der Waals surface area contributed by atoms with E-state index in [9.17, 15) is 39.4 Å². The number of phenolic OH excluding ortho intramolecular Hbond substituents is 1. The maximum absolute atomic E-state index is 14.6. The summed E-state index contributed by atoms with van der Waals surface area (Å²) < 4.78 is 0. The summed E-state index contributed by atoms with van der Waals surface area (Å²) in [5.41, 5.74) is 12.3. The molecular weight excluding hydrogens is 574 g/mol. The highest BCUT2D eigenvalue weighted by atomic mass is 32.2. The van der Waals surface area contributed by atoms with Crippen LogP contribution in [0.4, 0.5) is 0 Å². The Kier molecular flexibility index (Phi) is 7.35. The monoisotopic (exact) mass is 605 g/mol. The van der Waals surface area contributed by atoms with Crippen molar-refractivity contribution in [1.82, 2.24) is 4.90 Å². The molecule has 0 aromatic heterocycles. The first-order valence-electron chi connectivity index (χ1n) is 13.5. The van der Waals surface area contributed by atoms with Crippen LogP contribution in [0.2, 0.25) is 0 Å². The molecule has 0 bridgehead atoms. The molecule has 2 aromatic carbocycles. The molecule has 8 atom stereocenters. The van der Waals surface area contributed by atoms with Crippen molar-refractivity contribution < 1.29 is 34.2 Å². The number of carbonyl (C=O) groups excluding carboxylic acids is 5. The van der Waals surface area contributed by atoms with Crippen molar-refractivity contribution in [3.63, 3.8) is 0 Å². The minimum Gasteiger partial charge on any atom is -0.507 e. The number of aliphatic hydroxyl groups is 1. The van der Waals surface area contributed by atoms with Crippen LogP contribution in [0.3, 0.4) is 0 Å². The second-order valence-electron chi connectivity index (χ2n) is 11.6. The lowest BCUT2D eigenvalue weighted by Gasteiger charge is -2.64. The van der Waals surface area contributed by atoms with Gasteiger partial charge in [0.15, 0.2) is 34.5 Å². The normalized spacial score (nSPS) is 35.1. The van der Waals surface area contributed by atoms with Crippen molar-refractivity contribution in [2.24, 2.45) is 34.5 Å². The van der Waals surface area contributed by atoms with Gasteiger partial charge in [0.2, 0.25) is 5.91 Å². The molecule has 2 aromatic rings. The Morgan fingerprint density at radius 2 is 1.70 bits per heavy atom. The fraction of sp³-hybridized carbons (Fsp3) is 0.400. The topological polar surface area (TPSA) is 231 Å². The van der Waals surface area contributed by atoms with E-state index in [-0.39, 0.29) is 16.9 Å². The maximum atomic E-state index is 14.6. The number of amides is 1. The van der Waals surface area contributed by atoms with Crippen molar-refractivity contribution in [2.75, 3.05) is 19.8 Å². The van der Waals surface area contributed by atoms with E-state index in [1.807, 2.05) is 30.3 Å². The Morgan fingerprint density at radius 1 is 1.05 bits per heavy atom. The number of nitrogens with two attached hydrogens (primary N) is 3. The Labute approximate surface area is 251 Å². The molecule has 12 nitrogen and oxygen atoms in total. The fourth-order valence-electron chi connectivity index (χ4n) is 7.39. The van der Waals surface area contributed by atoms with Crippen LogP contribution in [0.15, 0.2) is 48.5 Å². The molecule has 2 unspecified atom stereocenters. The SMILES string of the molecule is CN(C)[C@@H]1C(=O)C(C(N)=O)C(=O)[C@@]2(C#N)C(=O)C3C(=O)c4c(O)cccc4[C@H](CSCc4ccccc4)[C@@]3(N)[C@H](O)[C@@]12N. The quantitative estimate of drug-likeness (QED) is 0.256. The number of fused-ring (bicyclic) bond motifs is 3. The molecule has 0 radical (unpaired) electrons. The van der Waals surface area contributed by atoms with Crippen LogP contribution in [0.1, 0.15) is 27.4 Å². The summed E-state index contributed by atoms with van der Waals surface area (Å²) in [5.74, 6) is -11.5. The van der Waals surface area contributed by atoms with Crippen LogP contribution in [-0.2, 0) is 24.9 Å². The third-order valence-corrected chi connectivity index (χ3v) is 10.4. The van der Waals surface area contributed by atoms with Gasteiger partial charge in [0, 0.05) is 17.4 Å². The summed E-state index contributed by atoms with van der Waals surface area (Å²) in [7, 11) is 2.73. The first kappa shape index (κ1) is 30.5. The lowest BCUT2D eigenvalue weighted by atomic mass is 9.40. The number of aliphatic hydroxyl groups excluding tert-OH is 1. The van der Waals surface area contributed by atoms with Crippen molar-refractivity contribution in [3.8, 4) is 11.8 Å². The maximum Gasteiger partial charge on any atom is 0.235 e. The second-order valence-corrected chi connectivity index (χ2v) is 12.7. The average molecular weight is 606 g/mol. The Balaban J connectivity index is 1.76. The standard InChI is InChI=1S/C30H31N5O7S/c1-35(2)23-22(38)19(26(32)41)24(39)28(13-31)25(40)20-21(37)18-15(9-6-10-17(18)36)16(29(20,33)27(42)30(23,28)34)12-43-11-14-7-4-3-5-8-14/h3-10,16,19-20,23,27,36,42H,11-12,33-34H2,1-2H3,(H2,32,41)/t16-,19?,20?,23+,27-,28-,29-,30-/m0/s1. The van der Waals surface area contributed by atoms with Crippen LogP contribution >= 0.6 is 11.8 Å². The van der Waals surface area contributed by atoms with E-state index < -0.39 is 81.2 Å². The highest BCUT2D eigenvalue weighted by molar-refractivity contribution is 7.98. The number of carbonyl (C=O) groups is 5. The summed E-state index contributed by atoms with van der Waals surface area (Å²) in [4.78, 5) is 69.9. The third kappa shape index (κ3) is 3.81. The Bertz CT molecular complexity index is 1610. The first-order valence-corrected chi connectivity index (χ1v) is 14.6. The summed E-state index contributed by atoms with van der Waals surface area (Å²) in [6.45, 7) is 0. The number of thioether (sulfide) groups is 1. The van der Waals surface area contributed by atoms with Crippen molar-refractivity contribution >= 4 is 40.8 Å². The highest BCUT2D eigenvalue weighted by Crippen LogP contribution is 2.59.